The molecule has 0 saturated carbocycles. The second-order valence-electron chi connectivity index (χ2n) is 6.96. The van der Waals surface area contributed by atoms with E-state index in [1.807, 2.05) is 44.2 Å². The molecule has 0 atom stereocenters. The monoisotopic (exact) mass is 488 g/mol. The number of benzene rings is 2. The zero-order chi connectivity index (χ0) is 21.8. The van der Waals surface area contributed by atoms with E-state index in [-0.39, 0.29) is 5.91 Å². The van der Waals surface area contributed by atoms with Crippen LogP contribution in [0.4, 0.5) is 0 Å². The van der Waals surface area contributed by atoms with Crippen LogP contribution < -0.4 is 9.47 Å². The minimum Gasteiger partial charge on any atom is -0.490 e. The van der Waals surface area contributed by atoms with Crippen LogP contribution in [0.15, 0.2) is 46.6 Å². The number of nitrogens with zero attached hydrogens (tertiary/aromatic N) is 2. The van der Waals surface area contributed by atoms with E-state index < -0.39 is 0 Å². The average molecular weight is 489 g/mol. The fourth-order valence-corrected chi connectivity index (χ4v) is 4.05. The Morgan fingerprint density at radius 3 is 2.43 bits per heavy atom. The highest BCUT2D eigenvalue weighted by Gasteiger charge is 2.34. The number of thiocarbonyl (C=S) groups is 1. The van der Waals surface area contributed by atoms with Crippen molar-refractivity contribution >= 4 is 45.2 Å². The SMILES string of the molecule is CCOc1cc(/C=C2/C(=O)N(CC)C(=S)N2C)cc(Br)c1OCc1ccc(C)cc1. The molecule has 158 valence electrons. The van der Waals surface area contributed by atoms with Crippen LogP contribution in [-0.2, 0) is 11.4 Å². The van der Waals surface area contributed by atoms with E-state index in [2.05, 4.69) is 35.0 Å². The number of hydrogen-bond acceptors (Lipinski definition) is 4. The van der Waals surface area contributed by atoms with Gasteiger partial charge in [-0.05, 0) is 78.3 Å². The molecule has 30 heavy (non-hydrogen) atoms. The van der Waals surface area contributed by atoms with Gasteiger partial charge in [0.15, 0.2) is 16.6 Å². The Balaban J connectivity index is 1.90. The van der Waals surface area contributed by atoms with E-state index in [0.717, 1.165) is 15.6 Å². The van der Waals surface area contributed by atoms with Gasteiger partial charge in [-0.15, -0.1) is 0 Å². The maximum Gasteiger partial charge on any atom is 0.276 e. The van der Waals surface area contributed by atoms with Gasteiger partial charge in [0.2, 0.25) is 0 Å². The predicted octanol–water partition coefficient (Wildman–Crippen LogP) is 5.15. The van der Waals surface area contributed by atoms with Gasteiger partial charge in [-0.2, -0.15) is 0 Å². The first-order valence-electron chi connectivity index (χ1n) is 9.81. The van der Waals surface area contributed by atoms with E-state index in [1.165, 1.54) is 5.56 Å². The minimum absolute atomic E-state index is 0.0984. The second kappa shape index (κ2) is 9.62. The Morgan fingerprint density at radius 1 is 1.13 bits per heavy atom. The highest BCUT2D eigenvalue weighted by molar-refractivity contribution is 9.10. The van der Waals surface area contributed by atoms with Gasteiger partial charge in [0.1, 0.15) is 12.3 Å². The lowest BCUT2D eigenvalue weighted by Gasteiger charge is -2.16. The van der Waals surface area contributed by atoms with E-state index in [1.54, 1.807) is 16.8 Å². The Labute approximate surface area is 191 Å². The van der Waals surface area contributed by atoms with Crippen LogP contribution in [0.1, 0.15) is 30.5 Å². The molecule has 0 aliphatic carbocycles. The van der Waals surface area contributed by atoms with Crippen molar-refractivity contribution in [2.24, 2.45) is 0 Å². The summed E-state index contributed by atoms with van der Waals surface area (Å²) >= 11 is 8.97. The Kier molecular flexibility index (Phi) is 7.15. The van der Waals surface area contributed by atoms with Crippen molar-refractivity contribution in [3.63, 3.8) is 0 Å². The van der Waals surface area contributed by atoms with E-state index in [4.69, 9.17) is 21.7 Å². The summed E-state index contributed by atoms with van der Waals surface area (Å²) in [4.78, 5) is 16.0. The van der Waals surface area contributed by atoms with Crippen molar-refractivity contribution in [2.75, 3.05) is 20.2 Å². The molecule has 0 spiro atoms. The van der Waals surface area contributed by atoms with Gasteiger partial charge in [-0.3, -0.25) is 9.69 Å². The number of carbonyl (C=O) groups is 1. The quantitative estimate of drug-likeness (QED) is 0.397. The molecule has 5 nitrogen and oxygen atoms in total. The highest BCUT2D eigenvalue weighted by atomic mass is 79.9. The number of halogens is 1. The van der Waals surface area contributed by atoms with Gasteiger partial charge in [0, 0.05) is 13.6 Å². The molecule has 1 aliphatic heterocycles. The molecule has 7 heteroatoms. The average Bonchev–Trinajstić information content (AvgIpc) is 2.91. The first kappa shape index (κ1) is 22.3. The third-order valence-electron chi connectivity index (χ3n) is 4.80. The molecule has 0 N–H and O–H groups in total. The smallest absolute Gasteiger partial charge is 0.276 e. The summed E-state index contributed by atoms with van der Waals surface area (Å²) in [6.45, 7) is 7.36. The molecule has 0 aromatic heterocycles. The van der Waals surface area contributed by atoms with Crippen LogP contribution in [0.5, 0.6) is 11.5 Å². The second-order valence-corrected chi connectivity index (χ2v) is 8.18. The lowest BCUT2D eigenvalue weighted by Crippen LogP contribution is -2.30. The Bertz CT molecular complexity index is 989. The van der Waals surface area contributed by atoms with Crippen molar-refractivity contribution in [3.05, 3.63) is 63.3 Å². The van der Waals surface area contributed by atoms with Gasteiger partial charge in [0.05, 0.1) is 11.1 Å². The minimum atomic E-state index is -0.0984. The van der Waals surface area contributed by atoms with Crippen LogP contribution in [-0.4, -0.2) is 41.0 Å². The number of rotatable bonds is 7. The van der Waals surface area contributed by atoms with Gasteiger partial charge in [-0.25, -0.2) is 0 Å². The summed E-state index contributed by atoms with van der Waals surface area (Å²) < 4.78 is 12.7. The molecule has 1 saturated heterocycles. The van der Waals surface area contributed by atoms with Crippen LogP contribution in [0.2, 0.25) is 0 Å². The van der Waals surface area contributed by atoms with Crippen molar-refractivity contribution in [1.29, 1.82) is 0 Å². The standard InChI is InChI=1S/C23H25BrN2O3S/c1-5-26-22(27)19(25(4)23(26)30)12-17-11-18(24)21(20(13-17)28-6-2)29-14-16-9-7-15(3)8-10-16/h7-13H,5-6,14H2,1-4H3/b19-12-. The van der Waals surface area contributed by atoms with Gasteiger partial charge in [0.25, 0.3) is 5.91 Å². The lowest BCUT2D eigenvalue weighted by atomic mass is 10.1. The van der Waals surface area contributed by atoms with Crippen molar-refractivity contribution in [3.8, 4) is 11.5 Å². The third-order valence-corrected chi connectivity index (χ3v) is 5.88. The molecule has 2 aromatic carbocycles. The molecule has 1 amide bonds. The molecule has 0 unspecified atom stereocenters. The first-order valence-corrected chi connectivity index (χ1v) is 11.0. The van der Waals surface area contributed by atoms with Crippen LogP contribution in [0, 0.1) is 6.92 Å². The van der Waals surface area contributed by atoms with Crippen molar-refractivity contribution in [2.45, 2.75) is 27.4 Å². The van der Waals surface area contributed by atoms with Crippen LogP contribution >= 0.6 is 28.1 Å². The molecular weight excluding hydrogens is 464 g/mol. The summed E-state index contributed by atoms with van der Waals surface area (Å²) in [5.74, 6) is 1.16. The molecule has 1 aliphatic rings. The van der Waals surface area contributed by atoms with E-state index in [9.17, 15) is 4.79 Å². The third kappa shape index (κ3) is 4.68. The normalized spacial score (nSPS) is 15.3. The molecule has 0 bridgehead atoms. The van der Waals surface area contributed by atoms with Crippen LogP contribution in [0.25, 0.3) is 6.08 Å². The zero-order valence-electron chi connectivity index (χ0n) is 17.6. The molecule has 1 fully saturated rings. The number of hydrogen-bond donors (Lipinski definition) is 0. The van der Waals surface area contributed by atoms with E-state index >= 15 is 0 Å². The van der Waals surface area contributed by atoms with Gasteiger partial charge < -0.3 is 14.4 Å². The summed E-state index contributed by atoms with van der Waals surface area (Å²) in [7, 11) is 1.80. The van der Waals surface area contributed by atoms with Crippen LogP contribution in [0.3, 0.4) is 0 Å². The van der Waals surface area contributed by atoms with Crippen molar-refractivity contribution in [1.82, 2.24) is 9.80 Å². The van der Waals surface area contributed by atoms with E-state index in [0.29, 0.717) is 42.1 Å². The maximum absolute atomic E-state index is 12.7. The number of amides is 1. The zero-order valence-corrected chi connectivity index (χ0v) is 20.0. The molecule has 3 rings (SSSR count). The van der Waals surface area contributed by atoms with Gasteiger partial charge in [-0.1, -0.05) is 29.8 Å². The maximum atomic E-state index is 12.7. The number of likely N-dealkylation sites (N-methyl/N-ethyl adjacent to an activating group) is 2. The number of aryl methyl sites for hydroxylation is 1. The topological polar surface area (TPSA) is 42.0 Å². The number of carbonyl (C=O) groups excluding carboxylic acids is 1. The molecule has 1 heterocycles. The van der Waals surface area contributed by atoms with Crippen molar-refractivity contribution < 1.29 is 14.3 Å². The fourth-order valence-electron chi connectivity index (χ4n) is 3.16. The first-order chi connectivity index (χ1) is 14.3. The summed E-state index contributed by atoms with van der Waals surface area (Å²) in [6, 6.07) is 12.0. The molecular formula is C23H25BrN2O3S. The summed E-state index contributed by atoms with van der Waals surface area (Å²) in [5, 5.41) is 0.510. The fraction of sp³-hybridized carbons (Fsp3) is 0.304. The number of ether oxygens (including phenoxy) is 2. The molecule has 0 radical (unpaired) electrons. The lowest BCUT2D eigenvalue weighted by molar-refractivity contribution is -0.122. The van der Waals surface area contributed by atoms with Gasteiger partial charge >= 0.3 is 0 Å². The Hall–Kier alpha value is -2.38. The summed E-state index contributed by atoms with van der Waals surface area (Å²) in [5.41, 5.74) is 3.64. The largest absolute Gasteiger partial charge is 0.490 e. The molecule has 2 aromatic rings. The highest BCUT2D eigenvalue weighted by Crippen LogP contribution is 2.38. The predicted molar refractivity (Wildman–Crippen MR) is 127 cm³/mol. The summed E-state index contributed by atoms with van der Waals surface area (Å²) in [6.07, 6.45) is 1.82. The Morgan fingerprint density at radius 2 is 1.83 bits per heavy atom.